The first-order valence-corrected chi connectivity index (χ1v) is 7.32. The molecule has 0 aromatic heterocycles. The molecule has 3 N–H and O–H groups in total. The minimum absolute atomic E-state index is 0.0697. The maximum atomic E-state index is 9.65. The van der Waals surface area contributed by atoms with E-state index >= 15 is 0 Å². The van der Waals surface area contributed by atoms with Gasteiger partial charge in [0.2, 0.25) is 0 Å². The first-order chi connectivity index (χ1) is 9.16. The van der Waals surface area contributed by atoms with Crippen molar-refractivity contribution in [1.29, 1.82) is 0 Å². The number of rotatable bonds is 14. The maximum absolute atomic E-state index is 9.65. The van der Waals surface area contributed by atoms with Gasteiger partial charge in [0.1, 0.15) is 0 Å². The van der Waals surface area contributed by atoms with E-state index in [1.165, 1.54) is 6.42 Å². The lowest BCUT2D eigenvalue weighted by Crippen LogP contribution is -2.31. The van der Waals surface area contributed by atoms with Crippen LogP contribution in [0.2, 0.25) is 0 Å². The van der Waals surface area contributed by atoms with Crippen molar-refractivity contribution < 1.29 is 19.7 Å². The Morgan fingerprint density at radius 1 is 1.05 bits per heavy atom. The van der Waals surface area contributed by atoms with E-state index in [1.807, 2.05) is 0 Å². The quantitative estimate of drug-likeness (QED) is 0.410. The molecule has 0 amide bonds. The van der Waals surface area contributed by atoms with Crippen molar-refractivity contribution in [2.45, 2.75) is 39.2 Å². The van der Waals surface area contributed by atoms with Crippen molar-refractivity contribution >= 4 is 0 Å². The third kappa shape index (κ3) is 15.7. The van der Waals surface area contributed by atoms with Crippen LogP contribution in [0.25, 0.3) is 0 Å². The summed E-state index contributed by atoms with van der Waals surface area (Å²) in [5.74, 6) is 0.711. The fourth-order valence-electron chi connectivity index (χ4n) is 1.61. The van der Waals surface area contributed by atoms with Gasteiger partial charge in [-0.25, -0.2) is 0 Å². The Morgan fingerprint density at radius 3 is 2.47 bits per heavy atom. The summed E-state index contributed by atoms with van der Waals surface area (Å²) in [5, 5.41) is 21.3. The second kappa shape index (κ2) is 14.2. The average Bonchev–Trinajstić information content (AvgIpc) is 2.37. The zero-order valence-corrected chi connectivity index (χ0v) is 12.4. The topological polar surface area (TPSA) is 71.0 Å². The molecule has 0 saturated carbocycles. The Labute approximate surface area is 117 Å². The van der Waals surface area contributed by atoms with Gasteiger partial charge >= 0.3 is 0 Å². The second-order valence-corrected chi connectivity index (χ2v) is 5.16. The van der Waals surface area contributed by atoms with E-state index in [-0.39, 0.29) is 6.61 Å². The Morgan fingerprint density at radius 2 is 1.79 bits per heavy atom. The van der Waals surface area contributed by atoms with Crippen LogP contribution in [0, 0.1) is 5.92 Å². The van der Waals surface area contributed by atoms with E-state index in [0.717, 1.165) is 26.0 Å². The molecular weight excluding hydrogens is 246 g/mol. The van der Waals surface area contributed by atoms with Crippen molar-refractivity contribution in [2.75, 3.05) is 46.1 Å². The fourth-order valence-corrected chi connectivity index (χ4v) is 1.61. The number of ether oxygens (including phenoxy) is 2. The van der Waals surface area contributed by atoms with Crippen molar-refractivity contribution in [3.05, 3.63) is 0 Å². The molecule has 1 unspecified atom stereocenters. The van der Waals surface area contributed by atoms with Gasteiger partial charge in [0.25, 0.3) is 0 Å². The van der Waals surface area contributed by atoms with Gasteiger partial charge in [0, 0.05) is 19.8 Å². The van der Waals surface area contributed by atoms with Crippen molar-refractivity contribution in [2.24, 2.45) is 5.92 Å². The molecule has 0 aromatic rings. The molecule has 5 nitrogen and oxygen atoms in total. The molecule has 0 rings (SSSR count). The summed E-state index contributed by atoms with van der Waals surface area (Å²) < 4.78 is 10.5. The number of hydrogen-bond acceptors (Lipinski definition) is 5. The van der Waals surface area contributed by atoms with Crippen molar-refractivity contribution in [3.8, 4) is 0 Å². The summed E-state index contributed by atoms with van der Waals surface area (Å²) in [6.07, 6.45) is 2.65. The van der Waals surface area contributed by atoms with Gasteiger partial charge in [0.15, 0.2) is 0 Å². The van der Waals surface area contributed by atoms with Gasteiger partial charge in [-0.2, -0.15) is 0 Å². The molecule has 0 bridgehead atoms. The molecule has 0 aliphatic carbocycles. The highest BCUT2D eigenvalue weighted by Crippen LogP contribution is 2.03. The lowest BCUT2D eigenvalue weighted by atomic mass is 10.1. The zero-order chi connectivity index (χ0) is 14.3. The van der Waals surface area contributed by atoms with Gasteiger partial charge in [-0.1, -0.05) is 13.8 Å². The van der Waals surface area contributed by atoms with Gasteiger partial charge in [0.05, 0.1) is 25.9 Å². The molecule has 0 heterocycles. The molecule has 1 atom stereocenters. The first-order valence-electron chi connectivity index (χ1n) is 7.32. The predicted octanol–water partition coefficient (Wildman–Crippen LogP) is 0.789. The normalized spacial score (nSPS) is 13.1. The van der Waals surface area contributed by atoms with E-state index in [9.17, 15) is 5.11 Å². The largest absolute Gasteiger partial charge is 0.394 e. The van der Waals surface area contributed by atoms with Gasteiger partial charge in [-0.3, -0.25) is 0 Å². The SMILES string of the molecule is CC(C)CCCOCC(O)CNCCCOCCO. The molecule has 0 aliphatic heterocycles. The first kappa shape index (κ1) is 18.8. The highest BCUT2D eigenvalue weighted by atomic mass is 16.5. The van der Waals surface area contributed by atoms with E-state index < -0.39 is 6.10 Å². The second-order valence-electron chi connectivity index (χ2n) is 5.16. The van der Waals surface area contributed by atoms with Crippen LogP contribution in [0.15, 0.2) is 0 Å². The van der Waals surface area contributed by atoms with Crippen LogP contribution in [-0.2, 0) is 9.47 Å². The van der Waals surface area contributed by atoms with Gasteiger partial charge in [-0.15, -0.1) is 0 Å². The smallest absolute Gasteiger partial charge is 0.0897 e. The molecule has 0 fully saturated rings. The molecule has 0 radical (unpaired) electrons. The maximum Gasteiger partial charge on any atom is 0.0897 e. The summed E-state index contributed by atoms with van der Waals surface area (Å²) in [5.41, 5.74) is 0. The fraction of sp³-hybridized carbons (Fsp3) is 1.00. The molecule has 0 aliphatic rings. The summed E-state index contributed by atoms with van der Waals surface area (Å²) >= 11 is 0. The Kier molecular flexibility index (Phi) is 14.1. The molecule has 0 saturated heterocycles. The number of aliphatic hydroxyl groups is 2. The van der Waals surface area contributed by atoms with Crippen LogP contribution in [-0.4, -0.2) is 62.4 Å². The Hall–Kier alpha value is -0.200. The lowest BCUT2D eigenvalue weighted by Gasteiger charge is -2.12. The summed E-state index contributed by atoms with van der Waals surface area (Å²) in [6.45, 7) is 7.96. The summed E-state index contributed by atoms with van der Waals surface area (Å²) in [7, 11) is 0. The van der Waals surface area contributed by atoms with Gasteiger partial charge < -0.3 is 25.0 Å². The lowest BCUT2D eigenvalue weighted by molar-refractivity contribution is 0.0343. The predicted molar refractivity (Wildman–Crippen MR) is 76.3 cm³/mol. The van der Waals surface area contributed by atoms with Crippen molar-refractivity contribution in [3.63, 3.8) is 0 Å². The number of hydrogen-bond donors (Lipinski definition) is 3. The van der Waals surface area contributed by atoms with Crippen LogP contribution in [0.3, 0.4) is 0 Å². The Bertz CT molecular complexity index is 179. The van der Waals surface area contributed by atoms with Crippen LogP contribution in [0.1, 0.15) is 33.1 Å². The standard InChI is InChI=1S/C14H31NO4/c1-13(2)5-3-8-19-12-14(17)11-15-6-4-9-18-10-7-16/h13-17H,3-12H2,1-2H3. The van der Waals surface area contributed by atoms with E-state index in [1.54, 1.807) is 0 Å². The monoisotopic (exact) mass is 277 g/mol. The summed E-state index contributed by atoms with van der Waals surface area (Å²) in [4.78, 5) is 0. The molecule has 116 valence electrons. The zero-order valence-electron chi connectivity index (χ0n) is 12.4. The number of nitrogens with one attached hydrogen (secondary N) is 1. The molecule has 0 aromatic carbocycles. The number of aliphatic hydroxyl groups excluding tert-OH is 2. The molecular formula is C14H31NO4. The highest BCUT2D eigenvalue weighted by Gasteiger charge is 2.03. The molecule has 5 heteroatoms. The van der Waals surface area contributed by atoms with Crippen molar-refractivity contribution in [1.82, 2.24) is 5.32 Å². The van der Waals surface area contributed by atoms with Crippen LogP contribution in [0.4, 0.5) is 0 Å². The third-order valence-electron chi connectivity index (χ3n) is 2.64. The van der Waals surface area contributed by atoms with Gasteiger partial charge in [-0.05, 0) is 31.7 Å². The summed E-state index contributed by atoms with van der Waals surface area (Å²) in [6, 6.07) is 0. The molecule has 0 spiro atoms. The highest BCUT2D eigenvalue weighted by molar-refractivity contribution is 4.58. The van der Waals surface area contributed by atoms with E-state index in [2.05, 4.69) is 19.2 Å². The van der Waals surface area contributed by atoms with Crippen LogP contribution in [0.5, 0.6) is 0 Å². The molecule has 19 heavy (non-hydrogen) atoms. The minimum atomic E-state index is -0.447. The third-order valence-corrected chi connectivity index (χ3v) is 2.64. The Balaban J connectivity index is 3.14. The van der Waals surface area contributed by atoms with E-state index in [0.29, 0.717) is 32.3 Å². The van der Waals surface area contributed by atoms with Crippen LogP contribution >= 0.6 is 0 Å². The van der Waals surface area contributed by atoms with E-state index in [4.69, 9.17) is 14.6 Å². The average molecular weight is 277 g/mol. The minimum Gasteiger partial charge on any atom is -0.394 e. The van der Waals surface area contributed by atoms with Crippen LogP contribution < -0.4 is 5.32 Å².